The number of nitrogens with zero attached hydrogens (tertiary/aromatic N) is 3. The van der Waals surface area contributed by atoms with E-state index in [1.165, 1.54) is 36.4 Å². The molecule has 10 heteroatoms. The normalized spacial score (nSPS) is 24.4. The van der Waals surface area contributed by atoms with Crippen LogP contribution in [0, 0.1) is 21.3 Å². The standard InChI is InChI=1S/C24H23FN4O5/c25-17-7-5-15(6-8-17)14-28-22(31)24(21(30)26-23(28)32)13-16-12-18(29(33)34)9-10-19(16)27-11-3-1-2-4-20(24)27/h5-10,12,20H,1-4,11,13-14H2,(H,26,30,32). The lowest BCUT2D eigenvalue weighted by atomic mass is 9.67. The average molecular weight is 466 g/mol. The number of fused-ring (bicyclic) bond motifs is 4. The van der Waals surface area contributed by atoms with Crippen LogP contribution < -0.4 is 10.2 Å². The first-order valence-electron chi connectivity index (χ1n) is 11.3. The number of nitrogens with one attached hydrogen (secondary N) is 1. The van der Waals surface area contributed by atoms with E-state index in [1.54, 1.807) is 6.07 Å². The van der Waals surface area contributed by atoms with Crippen LogP contribution in [0.4, 0.5) is 20.6 Å². The third kappa shape index (κ3) is 3.41. The van der Waals surface area contributed by atoms with Gasteiger partial charge in [-0.05, 0) is 42.2 Å². The second-order valence-electron chi connectivity index (χ2n) is 9.05. The lowest BCUT2D eigenvalue weighted by Crippen LogP contribution is -2.71. The van der Waals surface area contributed by atoms with Gasteiger partial charge < -0.3 is 4.90 Å². The number of urea groups is 1. The van der Waals surface area contributed by atoms with E-state index in [4.69, 9.17) is 0 Å². The van der Waals surface area contributed by atoms with Crippen LogP contribution in [-0.4, -0.2) is 40.3 Å². The van der Waals surface area contributed by atoms with Crippen molar-refractivity contribution in [3.05, 3.63) is 69.5 Å². The van der Waals surface area contributed by atoms with Crippen molar-refractivity contribution in [2.45, 2.75) is 44.7 Å². The molecule has 1 spiro atoms. The van der Waals surface area contributed by atoms with Crippen molar-refractivity contribution < 1.29 is 23.7 Å². The minimum absolute atomic E-state index is 0.0386. The van der Waals surface area contributed by atoms with Gasteiger partial charge in [-0.3, -0.25) is 29.9 Å². The molecule has 0 aromatic heterocycles. The molecule has 0 bridgehead atoms. The minimum atomic E-state index is -1.60. The van der Waals surface area contributed by atoms with Gasteiger partial charge in [0.05, 0.1) is 17.5 Å². The second-order valence-corrected chi connectivity index (χ2v) is 9.05. The predicted octanol–water partition coefficient (Wildman–Crippen LogP) is 3.30. The summed E-state index contributed by atoms with van der Waals surface area (Å²) >= 11 is 0. The SMILES string of the molecule is O=C1NC(=O)C2(Cc3cc([N+](=O)[O-])ccc3N3CCCCCC32)C(=O)N1Cc1ccc(F)cc1. The van der Waals surface area contributed by atoms with E-state index >= 15 is 0 Å². The van der Waals surface area contributed by atoms with Gasteiger partial charge in [-0.1, -0.05) is 25.0 Å². The maximum absolute atomic E-state index is 14.0. The highest BCUT2D eigenvalue weighted by Crippen LogP contribution is 2.48. The van der Waals surface area contributed by atoms with Crippen molar-refractivity contribution in [3.63, 3.8) is 0 Å². The molecule has 4 amide bonds. The Morgan fingerprint density at radius 3 is 2.59 bits per heavy atom. The Labute approximate surface area is 194 Å². The summed E-state index contributed by atoms with van der Waals surface area (Å²) in [5, 5.41) is 13.8. The number of benzene rings is 2. The fraction of sp³-hybridized carbons (Fsp3) is 0.375. The highest BCUT2D eigenvalue weighted by Gasteiger charge is 2.61. The summed E-state index contributed by atoms with van der Waals surface area (Å²) in [5.41, 5.74) is 0.141. The van der Waals surface area contributed by atoms with Crippen LogP contribution in [-0.2, 0) is 22.6 Å². The van der Waals surface area contributed by atoms with Gasteiger partial charge in [-0.15, -0.1) is 0 Å². The summed E-state index contributed by atoms with van der Waals surface area (Å²) < 4.78 is 13.4. The highest BCUT2D eigenvalue weighted by atomic mass is 19.1. The van der Waals surface area contributed by atoms with E-state index in [0.717, 1.165) is 29.8 Å². The third-order valence-corrected chi connectivity index (χ3v) is 7.13. The van der Waals surface area contributed by atoms with Gasteiger partial charge in [0, 0.05) is 30.8 Å². The first-order valence-corrected chi connectivity index (χ1v) is 11.3. The van der Waals surface area contributed by atoms with Crippen LogP contribution in [0.2, 0.25) is 0 Å². The first-order chi connectivity index (χ1) is 16.3. The molecule has 3 heterocycles. The summed E-state index contributed by atoms with van der Waals surface area (Å²) in [4.78, 5) is 54.1. The molecule has 1 N–H and O–H groups in total. The van der Waals surface area contributed by atoms with Crippen LogP contribution in [0.1, 0.15) is 36.8 Å². The van der Waals surface area contributed by atoms with Crippen molar-refractivity contribution in [2.24, 2.45) is 5.41 Å². The number of amides is 4. The van der Waals surface area contributed by atoms with Gasteiger partial charge in [-0.25, -0.2) is 9.18 Å². The van der Waals surface area contributed by atoms with Crippen LogP contribution in [0.25, 0.3) is 0 Å². The quantitative estimate of drug-likeness (QED) is 0.422. The number of hydrogen-bond donors (Lipinski definition) is 1. The topological polar surface area (TPSA) is 113 Å². The molecule has 34 heavy (non-hydrogen) atoms. The zero-order chi connectivity index (χ0) is 24.0. The van der Waals surface area contributed by atoms with Crippen molar-refractivity contribution in [1.29, 1.82) is 0 Å². The zero-order valence-corrected chi connectivity index (χ0v) is 18.3. The highest BCUT2D eigenvalue weighted by molar-refractivity contribution is 6.20. The molecule has 2 aromatic rings. The number of imide groups is 2. The predicted molar refractivity (Wildman–Crippen MR) is 119 cm³/mol. The average Bonchev–Trinajstić information content (AvgIpc) is 3.08. The number of hydrogen-bond acceptors (Lipinski definition) is 6. The second kappa shape index (κ2) is 8.19. The lowest BCUT2D eigenvalue weighted by molar-refractivity contribution is -0.384. The van der Waals surface area contributed by atoms with Crippen LogP contribution in [0.15, 0.2) is 42.5 Å². The van der Waals surface area contributed by atoms with Crippen molar-refractivity contribution in [1.82, 2.24) is 10.2 Å². The van der Waals surface area contributed by atoms with E-state index in [1.807, 2.05) is 4.90 Å². The third-order valence-electron chi connectivity index (χ3n) is 7.13. The lowest BCUT2D eigenvalue weighted by Gasteiger charge is -2.51. The van der Waals surface area contributed by atoms with Crippen molar-refractivity contribution in [2.75, 3.05) is 11.4 Å². The molecule has 2 aromatic carbocycles. The van der Waals surface area contributed by atoms with Gasteiger partial charge in [0.25, 0.3) is 5.69 Å². The fourth-order valence-electron chi connectivity index (χ4n) is 5.51. The Morgan fingerprint density at radius 1 is 1.09 bits per heavy atom. The molecule has 5 rings (SSSR count). The smallest absolute Gasteiger partial charge is 0.331 e. The number of non-ortho nitro benzene ring substituents is 1. The van der Waals surface area contributed by atoms with Crippen LogP contribution in [0.3, 0.4) is 0 Å². The number of carbonyl (C=O) groups is 3. The summed E-state index contributed by atoms with van der Waals surface area (Å²) in [5.74, 6) is -1.74. The Kier molecular flexibility index (Phi) is 5.30. The summed E-state index contributed by atoms with van der Waals surface area (Å²) in [6.45, 7) is 0.484. The number of carbonyl (C=O) groups excluding carboxylic acids is 3. The molecule has 2 atom stereocenters. The van der Waals surface area contributed by atoms with E-state index in [9.17, 15) is 28.9 Å². The first kappa shape index (κ1) is 22.0. The molecule has 2 fully saturated rings. The number of anilines is 1. The van der Waals surface area contributed by atoms with E-state index in [0.29, 0.717) is 24.1 Å². The van der Waals surface area contributed by atoms with Crippen molar-refractivity contribution in [3.8, 4) is 0 Å². The maximum Gasteiger partial charge on any atom is 0.331 e. The largest absolute Gasteiger partial charge is 0.367 e. The Hall–Kier alpha value is -3.82. The molecule has 9 nitrogen and oxygen atoms in total. The molecule has 3 aliphatic rings. The fourth-order valence-corrected chi connectivity index (χ4v) is 5.51. The van der Waals surface area contributed by atoms with E-state index in [-0.39, 0.29) is 18.7 Å². The molecule has 2 unspecified atom stereocenters. The Bertz CT molecular complexity index is 1200. The number of barbiturate groups is 1. The van der Waals surface area contributed by atoms with E-state index in [2.05, 4.69) is 5.32 Å². The zero-order valence-electron chi connectivity index (χ0n) is 18.3. The molecule has 0 saturated carbocycles. The monoisotopic (exact) mass is 466 g/mol. The van der Waals surface area contributed by atoms with Crippen LogP contribution >= 0.6 is 0 Å². The molecule has 0 aliphatic carbocycles. The van der Waals surface area contributed by atoms with Gasteiger partial charge in [0.2, 0.25) is 11.8 Å². The van der Waals surface area contributed by atoms with Gasteiger partial charge in [-0.2, -0.15) is 0 Å². The number of rotatable bonds is 3. The summed E-state index contributed by atoms with van der Waals surface area (Å²) in [7, 11) is 0. The number of nitro benzene ring substituents is 1. The summed E-state index contributed by atoms with van der Waals surface area (Å²) in [6.07, 6.45) is 3.14. The van der Waals surface area contributed by atoms with Gasteiger partial charge >= 0.3 is 6.03 Å². The van der Waals surface area contributed by atoms with Gasteiger partial charge in [0.15, 0.2) is 5.41 Å². The Balaban J connectivity index is 1.61. The van der Waals surface area contributed by atoms with E-state index < -0.39 is 40.0 Å². The molecular formula is C24H23FN4O5. The molecule has 2 saturated heterocycles. The maximum atomic E-state index is 14.0. The Morgan fingerprint density at radius 2 is 1.85 bits per heavy atom. The van der Waals surface area contributed by atoms with Gasteiger partial charge in [0.1, 0.15) is 5.82 Å². The minimum Gasteiger partial charge on any atom is -0.367 e. The van der Waals surface area contributed by atoms with Crippen LogP contribution in [0.5, 0.6) is 0 Å². The summed E-state index contributed by atoms with van der Waals surface area (Å²) in [6, 6.07) is 8.68. The number of halogens is 1. The molecular weight excluding hydrogens is 443 g/mol. The molecule has 0 radical (unpaired) electrons. The number of nitro groups is 1. The van der Waals surface area contributed by atoms with Crippen molar-refractivity contribution >= 4 is 29.2 Å². The molecule has 3 aliphatic heterocycles. The molecule has 176 valence electrons.